The molecule has 0 spiro atoms. The fraction of sp³-hybridized carbons (Fsp3) is 0.941. The van der Waals surface area contributed by atoms with Crippen molar-refractivity contribution in [3.8, 4) is 0 Å². The highest BCUT2D eigenvalue weighted by Crippen LogP contribution is 2.34. The van der Waals surface area contributed by atoms with Crippen molar-refractivity contribution in [3.63, 3.8) is 0 Å². The van der Waals surface area contributed by atoms with Crippen LogP contribution in [-0.4, -0.2) is 17.9 Å². The number of Topliss-reactive ketones (excluding diaryl/α,β-unsaturated/α-hetero) is 1. The highest BCUT2D eigenvalue weighted by atomic mass is 16.1. The predicted molar refractivity (Wildman–Crippen MR) is 78.1 cm³/mol. The standard InChI is InChI=1S/C17H29NO/c19-15-11-16(13-7-3-1-4-8-13)18-17(12-15)14-9-5-2-6-10-14/h13-14,16-18H,1-12H2. The molecule has 1 saturated heterocycles. The third kappa shape index (κ3) is 3.39. The lowest BCUT2D eigenvalue weighted by Gasteiger charge is -2.41. The van der Waals surface area contributed by atoms with Gasteiger partial charge in [-0.2, -0.15) is 0 Å². The SMILES string of the molecule is O=C1CC(C2CCCCC2)NC(C2CCCCC2)C1. The van der Waals surface area contributed by atoms with Crippen LogP contribution in [0.3, 0.4) is 0 Å². The van der Waals surface area contributed by atoms with Gasteiger partial charge in [0, 0.05) is 24.9 Å². The van der Waals surface area contributed by atoms with Crippen LogP contribution in [-0.2, 0) is 4.79 Å². The van der Waals surface area contributed by atoms with Crippen LogP contribution in [0.4, 0.5) is 0 Å². The number of hydrogen-bond acceptors (Lipinski definition) is 2. The molecule has 2 unspecified atom stereocenters. The second kappa shape index (κ2) is 6.39. The van der Waals surface area contributed by atoms with E-state index in [0.717, 1.165) is 24.7 Å². The second-order valence-electron chi connectivity index (χ2n) is 7.12. The summed E-state index contributed by atoms with van der Waals surface area (Å²) < 4.78 is 0. The zero-order valence-corrected chi connectivity index (χ0v) is 12.2. The summed E-state index contributed by atoms with van der Waals surface area (Å²) in [7, 11) is 0. The molecule has 1 N–H and O–H groups in total. The molecule has 108 valence electrons. The highest BCUT2D eigenvalue weighted by Gasteiger charge is 2.35. The Morgan fingerprint density at radius 1 is 0.684 bits per heavy atom. The molecule has 2 atom stereocenters. The normalized spacial score (nSPS) is 35.5. The summed E-state index contributed by atoms with van der Waals surface area (Å²) in [5.74, 6) is 2.10. The summed E-state index contributed by atoms with van der Waals surface area (Å²) in [6.07, 6.45) is 15.4. The molecule has 0 aromatic carbocycles. The molecule has 3 aliphatic rings. The van der Waals surface area contributed by atoms with Crippen LogP contribution in [0.25, 0.3) is 0 Å². The molecule has 2 aliphatic carbocycles. The molecule has 3 rings (SSSR count). The summed E-state index contributed by atoms with van der Waals surface area (Å²) in [5.41, 5.74) is 0. The highest BCUT2D eigenvalue weighted by molar-refractivity contribution is 5.80. The zero-order valence-electron chi connectivity index (χ0n) is 12.2. The average Bonchev–Trinajstić information content (AvgIpc) is 2.48. The van der Waals surface area contributed by atoms with Gasteiger partial charge < -0.3 is 5.32 Å². The molecule has 1 heterocycles. The van der Waals surface area contributed by atoms with E-state index in [2.05, 4.69) is 5.32 Å². The minimum atomic E-state index is 0.508. The first kappa shape index (κ1) is 13.6. The van der Waals surface area contributed by atoms with Crippen LogP contribution in [0.15, 0.2) is 0 Å². The van der Waals surface area contributed by atoms with E-state index in [0.29, 0.717) is 17.9 Å². The van der Waals surface area contributed by atoms with Gasteiger partial charge in [-0.3, -0.25) is 4.79 Å². The third-order valence-electron chi connectivity index (χ3n) is 5.76. The van der Waals surface area contributed by atoms with E-state index >= 15 is 0 Å². The van der Waals surface area contributed by atoms with Crippen LogP contribution in [0, 0.1) is 11.8 Å². The Hall–Kier alpha value is -0.370. The molecule has 2 nitrogen and oxygen atoms in total. The van der Waals surface area contributed by atoms with Crippen molar-refractivity contribution in [1.29, 1.82) is 0 Å². The Morgan fingerprint density at radius 3 is 1.53 bits per heavy atom. The molecule has 0 aromatic heterocycles. The minimum Gasteiger partial charge on any atom is -0.310 e. The average molecular weight is 263 g/mol. The van der Waals surface area contributed by atoms with Crippen molar-refractivity contribution < 1.29 is 4.79 Å². The monoisotopic (exact) mass is 263 g/mol. The quantitative estimate of drug-likeness (QED) is 0.820. The van der Waals surface area contributed by atoms with Gasteiger partial charge in [-0.05, 0) is 37.5 Å². The van der Waals surface area contributed by atoms with Crippen LogP contribution >= 0.6 is 0 Å². The Labute approximate surface area is 117 Å². The summed E-state index contributed by atoms with van der Waals surface area (Å²) in [6, 6.07) is 1.02. The number of hydrogen-bond donors (Lipinski definition) is 1. The van der Waals surface area contributed by atoms with Crippen molar-refractivity contribution in [1.82, 2.24) is 5.32 Å². The van der Waals surface area contributed by atoms with Crippen molar-refractivity contribution in [2.75, 3.05) is 0 Å². The third-order valence-corrected chi connectivity index (χ3v) is 5.76. The topological polar surface area (TPSA) is 29.1 Å². The van der Waals surface area contributed by atoms with Crippen LogP contribution < -0.4 is 5.32 Å². The molecule has 1 aliphatic heterocycles. The maximum absolute atomic E-state index is 12.1. The van der Waals surface area contributed by atoms with Gasteiger partial charge in [0.15, 0.2) is 0 Å². The van der Waals surface area contributed by atoms with Crippen molar-refractivity contribution in [3.05, 3.63) is 0 Å². The van der Waals surface area contributed by atoms with Gasteiger partial charge in [0.2, 0.25) is 0 Å². The van der Waals surface area contributed by atoms with Gasteiger partial charge in [-0.15, -0.1) is 0 Å². The fourth-order valence-electron chi connectivity index (χ4n) is 4.65. The molecule has 0 radical (unpaired) electrons. The summed E-state index contributed by atoms with van der Waals surface area (Å²) in [4.78, 5) is 12.1. The molecular formula is C17H29NO. The van der Waals surface area contributed by atoms with Crippen molar-refractivity contribution in [2.45, 2.75) is 89.1 Å². The maximum atomic E-state index is 12.1. The lowest BCUT2D eigenvalue weighted by molar-refractivity contribution is -0.123. The molecule has 2 saturated carbocycles. The van der Waals surface area contributed by atoms with Crippen molar-refractivity contribution in [2.24, 2.45) is 11.8 Å². The predicted octanol–water partition coefficient (Wildman–Crippen LogP) is 3.84. The number of rotatable bonds is 2. The van der Waals surface area contributed by atoms with Gasteiger partial charge in [-0.25, -0.2) is 0 Å². The summed E-state index contributed by atoms with van der Waals surface area (Å²) >= 11 is 0. The minimum absolute atomic E-state index is 0.508. The maximum Gasteiger partial charge on any atom is 0.136 e. The summed E-state index contributed by atoms with van der Waals surface area (Å²) in [6.45, 7) is 0. The van der Waals surface area contributed by atoms with E-state index in [-0.39, 0.29) is 0 Å². The van der Waals surface area contributed by atoms with Gasteiger partial charge in [-0.1, -0.05) is 38.5 Å². The molecular weight excluding hydrogens is 234 g/mol. The zero-order chi connectivity index (χ0) is 13.1. The molecule has 2 heteroatoms. The summed E-state index contributed by atoms with van der Waals surface area (Å²) in [5, 5.41) is 3.90. The van der Waals surface area contributed by atoms with E-state index in [1.165, 1.54) is 64.2 Å². The second-order valence-corrected chi connectivity index (χ2v) is 7.12. The van der Waals surface area contributed by atoms with Gasteiger partial charge >= 0.3 is 0 Å². The smallest absolute Gasteiger partial charge is 0.136 e. The number of carbonyl (C=O) groups is 1. The van der Waals surface area contributed by atoms with Gasteiger partial charge in [0.25, 0.3) is 0 Å². The van der Waals surface area contributed by atoms with E-state index in [1.54, 1.807) is 0 Å². The van der Waals surface area contributed by atoms with E-state index in [1.807, 2.05) is 0 Å². The number of carbonyl (C=O) groups excluding carboxylic acids is 1. The Balaban J connectivity index is 1.60. The Kier molecular flexibility index (Phi) is 4.57. The van der Waals surface area contributed by atoms with E-state index < -0.39 is 0 Å². The molecule has 0 aromatic rings. The van der Waals surface area contributed by atoms with Crippen LogP contribution in [0.2, 0.25) is 0 Å². The van der Waals surface area contributed by atoms with Crippen LogP contribution in [0.5, 0.6) is 0 Å². The lowest BCUT2D eigenvalue weighted by atomic mass is 9.75. The molecule has 0 bridgehead atoms. The Morgan fingerprint density at radius 2 is 1.11 bits per heavy atom. The van der Waals surface area contributed by atoms with Gasteiger partial charge in [0.1, 0.15) is 5.78 Å². The lowest BCUT2D eigenvalue weighted by Crippen LogP contribution is -2.52. The first-order chi connectivity index (χ1) is 9.33. The number of ketones is 1. The number of nitrogens with one attached hydrogen (secondary N) is 1. The van der Waals surface area contributed by atoms with E-state index in [4.69, 9.17) is 0 Å². The molecule has 3 fully saturated rings. The van der Waals surface area contributed by atoms with Gasteiger partial charge in [0.05, 0.1) is 0 Å². The van der Waals surface area contributed by atoms with Crippen molar-refractivity contribution >= 4 is 5.78 Å². The molecule has 19 heavy (non-hydrogen) atoms. The first-order valence-electron chi connectivity index (χ1n) is 8.60. The van der Waals surface area contributed by atoms with E-state index in [9.17, 15) is 4.79 Å². The largest absolute Gasteiger partial charge is 0.310 e. The molecule has 0 amide bonds. The fourth-order valence-corrected chi connectivity index (χ4v) is 4.65. The number of piperidine rings is 1. The van der Waals surface area contributed by atoms with Crippen LogP contribution in [0.1, 0.15) is 77.0 Å². The first-order valence-corrected chi connectivity index (χ1v) is 8.60. The Bertz CT molecular complexity index is 274.